The van der Waals surface area contributed by atoms with Crippen LogP contribution in [-0.4, -0.2) is 26.9 Å². The fourth-order valence-corrected chi connectivity index (χ4v) is 2.32. The zero-order valence-corrected chi connectivity index (χ0v) is 13.3. The third-order valence-corrected chi connectivity index (χ3v) is 3.58. The molecule has 0 bridgehead atoms. The molecule has 0 radical (unpaired) electrons. The molecular weight excluding hydrogens is 276 g/mol. The minimum Gasteiger partial charge on any atom is -0.348 e. The van der Waals surface area contributed by atoms with Crippen LogP contribution in [0.4, 0.5) is 0 Å². The lowest BCUT2D eigenvalue weighted by Crippen LogP contribution is -2.32. The quantitative estimate of drug-likeness (QED) is 0.762. The van der Waals surface area contributed by atoms with E-state index in [4.69, 9.17) is 0 Å². The Hall–Kier alpha value is -2.17. The lowest BCUT2D eigenvalue weighted by atomic mass is 10.1. The van der Waals surface area contributed by atoms with Crippen LogP contribution in [0.1, 0.15) is 55.6 Å². The van der Waals surface area contributed by atoms with E-state index < -0.39 is 0 Å². The van der Waals surface area contributed by atoms with Crippen molar-refractivity contribution < 1.29 is 4.79 Å². The molecule has 1 aromatic heterocycles. The molecule has 1 amide bonds. The molecular formula is C17H24N4O. The van der Waals surface area contributed by atoms with Crippen molar-refractivity contribution in [2.75, 3.05) is 0 Å². The van der Waals surface area contributed by atoms with Crippen molar-refractivity contribution in [2.24, 2.45) is 0 Å². The number of aromatic nitrogens is 3. The topological polar surface area (TPSA) is 59.8 Å². The maximum Gasteiger partial charge on any atom is 0.273 e. The Labute approximate surface area is 131 Å². The second kappa shape index (κ2) is 8.32. The van der Waals surface area contributed by atoms with Crippen molar-refractivity contribution in [2.45, 2.75) is 52.1 Å². The summed E-state index contributed by atoms with van der Waals surface area (Å²) in [4.78, 5) is 12.1. The molecule has 0 saturated heterocycles. The molecule has 0 spiro atoms. The zero-order chi connectivity index (χ0) is 15.8. The Morgan fingerprint density at radius 1 is 1.27 bits per heavy atom. The van der Waals surface area contributed by atoms with Crippen LogP contribution in [0, 0.1) is 0 Å². The van der Waals surface area contributed by atoms with Gasteiger partial charge in [0, 0.05) is 6.04 Å². The van der Waals surface area contributed by atoms with Crippen LogP contribution in [-0.2, 0) is 6.54 Å². The maximum absolute atomic E-state index is 12.1. The lowest BCUT2D eigenvalue weighted by Gasteiger charge is -2.12. The summed E-state index contributed by atoms with van der Waals surface area (Å²) in [5.74, 6) is -0.150. The lowest BCUT2D eigenvalue weighted by molar-refractivity contribution is 0.0932. The summed E-state index contributed by atoms with van der Waals surface area (Å²) in [7, 11) is 0. The predicted octanol–water partition coefficient (Wildman–Crippen LogP) is 3.03. The van der Waals surface area contributed by atoms with E-state index in [1.165, 1.54) is 12.8 Å². The van der Waals surface area contributed by atoms with Gasteiger partial charge in [-0.2, -0.15) is 0 Å². The van der Waals surface area contributed by atoms with Crippen molar-refractivity contribution in [3.8, 4) is 0 Å². The summed E-state index contributed by atoms with van der Waals surface area (Å²) < 4.78 is 1.69. The van der Waals surface area contributed by atoms with Gasteiger partial charge in [0.05, 0.1) is 12.7 Å². The van der Waals surface area contributed by atoms with E-state index in [-0.39, 0.29) is 11.9 Å². The van der Waals surface area contributed by atoms with E-state index in [0.29, 0.717) is 12.2 Å². The second-order valence-corrected chi connectivity index (χ2v) is 5.66. The molecule has 1 atom stereocenters. The number of unbranched alkanes of at least 4 members (excludes halogenated alkanes) is 2. The van der Waals surface area contributed by atoms with Crippen LogP contribution in [0.5, 0.6) is 0 Å². The van der Waals surface area contributed by atoms with Crippen LogP contribution >= 0.6 is 0 Å². The average molecular weight is 300 g/mol. The van der Waals surface area contributed by atoms with Gasteiger partial charge in [-0.25, -0.2) is 4.68 Å². The zero-order valence-electron chi connectivity index (χ0n) is 13.3. The van der Waals surface area contributed by atoms with Crippen molar-refractivity contribution in [1.82, 2.24) is 20.3 Å². The fourth-order valence-electron chi connectivity index (χ4n) is 2.32. The van der Waals surface area contributed by atoms with E-state index >= 15 is 0 Å². The van der Waals surface area contributed by atoms with Gasteiger partial charge >= 0.3 is 0 Å². The maximum atomic E-state index is 12.1. The monoisotopic (exact) mass is 300 g/mol. The van der Waals surface area contributed by atoms with Gasteiger partial charge in [0.2, 0.25) is 0 Å². The van der Waals surface area contributed by atoms with Crippen molar-refractivity contribution in [3.63, 3.8) is 0 Å². The fraction of sp³-hybridized carbons (Fsp3) is 0.471. The number of benzene rings is 1. The van der Waals surface area contributed by atoms with Crippen molar-refractivity contribution >= 4 is 5.91 Å². The van der Waals surface area contributed by atoms with Gasteiger partial charge in [-0.1, -0.05) is 61.7 Å². The standard InChI is InChI=1S/C17H24N4O/c1-3-4-6-9-14(2)18-17(22)16-13-21(20-19-16)12-15-10-7-5-8-11-15/h5,7-8,10-11,13-14H,3-4,6,9,12H2,1-2H3,(H,18,22). The average Bonchev–Trinajstić information content (AvgIpc) is 2.97. The molecule has 0 aliphatic carbocycles. The van der Waals surface area contributed by atoms with Gasteiger partial charge in [-0.3, -0.25) is 4.79 Å². The van der Waals surface area contributed by atoms with Crippen LogP contribution in [0.25, 0.3) is 0 Å². The van der Waals surface area contributed by atoms with E-state index in [1.807, 2.05) is 37.3 Å². The minimum atomic E-state index is -0.150. The molecule has 0 aliphatic rings. The highest BCUT2D eigenvalue weighted by molar-refractivity contribution is 5.92. The molecule has 1 heterocycles. The van der Waals surface area contributed by atoms with Gasteiger partial charge in [0.15, 0.2) is 5.69 Å². The summed E-state index contributed by atoms with van der Waals surface area (Å²) in [5.41, 5.74) is 1.51. The minimum absolute atomic E-state index is 0.150. The highest BCUT2D eigenvalue weighted by Crippen LogP contribution is 2.05. The van der Waals surface area contributed by atoms with Crippen LogP contribution < -0.4 is 5.32 Å². The number of amides is 1. The van der Waals surface area contributed by atoms with E-state index in [0.717, 1.165) is 18.4 Å². The first kappa shape index (κ1) is 16.2. The smallest absolute Gasteiger partial charge is 0.273 e. The van der Waals surface area contributed by atoms with Gasteiger partial charge in [-0.15, -0.1) is 5.10 Å². The Bertz CT molecular complexity index is 579. The molecule has 2 aromatic rings. The number of carbonyl (C=O) groups excluding carboxylic acids is 1. The third-order valence-electron chi connectivity index (χ3n) is 3.58. The molecule has 0 saturated carbocycles. The van der Waals surface area contributed by atoms with Gasteiger partial charge in [0.25, 0.3) is 5.91 Å². The highest BCUT2D eigenvalue weighted by Gasteiger charge is 2.13. The number of carbonyl (C=O) groups is 1. The molecule has 1 unspecified atom stereocenters. The normalized spacial score (nSPS) is 12.1. The highest BCUT2D eigenvalue weighted by atomic mass is 16.2. The summed E-state index contributed by atoms with van der Waals surface area (Å²) in [5, 5.41) is 11.0. The summed E-state index contributed by atoms with van der Waals surface area (Å²) >= 11 is 0. The molecule has 0 aliphatic heterocycles. The summed E-state index contributed by atoms with van der Waals surface area (Å²) in [6, 6.07) is 10.2. The summed E-state index contributed by atoms with van der Waals surface area (Å²) in [6.45, 7) is 4.82. The SMILES string of the molecule is CCCCCC(C)NC(=O)c1cn(Cc2ccccc2)nn1. The molecule has 22 heavy (non-hydrogen) atoms. The molecule has 5 heteroatoms. The summed E-state index contributed by atoms with van der Waals surface area (Å²) in [6.07, 6.45) is 6.22. The van der Waals surface area contributed by atoms with Crippen molar-refractivity contribution in [3.05, 3.63) is 47.8 Å². The van der Waals surface area contributed by atoms with Crippen LogP contribution in [0.2, 0.25) is 0 Å². The number of nitrogens with zero attached hydrogens (tertiary/aromatic N) is 3. The number of nitrogens with one attached hydrogen (secondary N) is 1. The first-order valence-electron chi connectivity index (χ1n) is 7.94. The molecule has 118 valence electrons. The molecule has 2 rings (SSSR count). The van der Waals surface area contributed by atoms with Crippen LogP contribution in [0.15, 0.2) is 36.5 Å². The van der Waals surface area contributed by atoms with Gasteiger partial charge < -0.3 is 5.32 Å². The van der Waals surface area contributed by atoms with E-state index in [9.17, 15) is 4.79 Å². The Kier molecular flexibility index (Phi) is 6.13. The first-order chi connectivity index (χ1) is 10.7. The molecule has 1 N–H and O–H groups in total. The molecule has 0 fully saturated rings. The molecule has 5 nitrogen and oxygen atoms in total. The number of hydrogen-bond acceptors (Lipinski definition) is 3. The Morgan fingerprint density at radius 3 is 2.77 bits per heavy atom. The van der Waals surface area contributed by atoms with Gasteiger partial charge in [-0.05, 0) is 18.9 Å². The Balaban J connectivity index is 1.86. The second-order valence-electron chi connectivity index (χ2n) is 5.66. The number of rotatable bonds is 8. The van der Waals surface area contributed by atoms with Gasteiger partial charge in [0.1, 0.15) is 0 Å². The largest absolute Gasteiger partial charge is 0.348 e. The molecule has 1 aromatic carbocycles. The van der Waals surface area contributed by atoms with Crippen molar-refractivity contribution in [1.29, 1.82) is 0 Å². The predicted molar refractivity (Wildman–Crippen MR) is 86.6 cm³/mol. The third kappa shape index (κ3) is 4.98. The van der Waals surface area contributed by atoms with Crippen LogP contribution in [0.3, 0.4) is 0 Å². The Morgan fingerprint density at radius 2 is 2.05 bits per heavy atom. The van der Waals surface area contributed by atoms with E-state index in [2.05, 4.69) is 22.6 Å². The number of hydrogen-bond donors (Lipinski definition) is 1. The van der Waals surface area contributed by atoms with E-state index in [1.54, 1.807) is 10.9 Å². The first-order valence-corrected chi connectivity index (χ1v) is 7.94.